The highest BCUT2D eigenvalue weighted by molar-refractivity contribution is 6.33. The normalized spacial score (nSPS) is 23.3. The highest BCUT2D eigenvalue weighted by Crippen LogP contribution is 2.45. The van der Waals surface area contributed by atoms with Crippen molar-refractivity contribution in [3.63, 3.8) is 0 Å². The number of methoxy groups -OCH3 is 1. The molecule has 0 amide bonds. The van der Waals surface area contributed by atoms with Crippen molar-refractivity contribution in [1.82, 2.24) is 0 Å². The van der Waals surface area contributed by atoms with Gasteiger partial charge in [0.15, 0.2) is 0 Å². The summed E-state index contributed by atoms with van der Waals surface area (Å²) in [6.45, 7) is 7.08. The van der Waals surface area contributed by atoms with Gasteiger partial charge < -0.3 is 14.8 Å². The maximum Gasteiger partial charge on any atom is 0.337 e. The molecule has 0 saturated heterocycles. The van der Waals surface area contributed by atoms with Crippen molar-refractivity contribution >= 4 is 23.3 Å². The number of hydrogen-bond donors (Lipinski definition) is 1. The number of nitrogens with one attached hydrogen (secondary N) is 1. The van der Waals surface area contributed by atoms with Crippen molar-refractivity contribution in [3.8, 4) is 0 Å². The van der Waals surface area contributed by atoms with E-state index < -0.39 is 0 Å². The molecular weight excluding hydrogens is 290 g/mol. The number of esters is 1. The Bertz CT molecular complexity index is 530. The number of carbonyl (C=O) groups excluding carboxylic acids is 1. The Balaban J connectivity index is 2.12. The van der Waals surface area contributed by atoms with E-state index in [1.165, 1.54) is 7.11 Å². The summed E-state index contributed by atoms with van der Waals surface area (Å²) in [7, 11) is 1.37. The van der Waals surface area contributed by atoms with Crippen molar-refractivity contribution in [2.24, 2.45) is 5.41 Å². The first-order valence-electron chi connectivity index (χ1n) is 7.16. The third-order valence-electron chi connectivity index (χ3n) is 4.26. The second-order valence-corrected chi connectivity index (χ2v) is 6.29. The average molecular weight is 312 g/mol. The highest BCUT2D eigenvalue weighted by Gasteiger charge is 2.49. The van der Waals surface area contributed by atoms with Gasteiger partial charge in [-0.15, -0.1) is 0 Å². The molecule has 1 aromatic rings. The van der Waals surface area contributed by atoms with Crippen molar-refractivity contribution in [1.29, 1.82) is 0 Å². The van der Waals surface area contributed by atoms with Crippen LogP contribution in [-0.2, 0) is 9.47 Å². The summed E-state index contributed by atoms with van der Waals surface area (Å²) in [5, 5.41) is 4.02. The Hall–Kier alpha value is -1.26. The van der Waals surface area contributed by atoms with Crippen LogP contribution in [0.2, 0.25) is 5.02 Å². The molecule has 0 heterocycles. The molecule has 1 aliphatic carbocycles. The predicted molar refractivity (Wildman–Crippen MR) is 84.0 cm³/mol. The number of hydrogen-bond acceptors (Lipinski definition) is 4. The third-order valence-corrected chi connectivity index (χ3v) is 4.59. The van der Waals surface area contributed by atoms with Crippen molar-refractivity contribution in [2.45, 2.75) is 39.3 Å². The van der Waals surface area contributed by atoms with E-state index in [0.29, 0.717) is 10.6 Å². The lowest BCUT2D eigenvalue weighted by molar-refractivity contribution is -0.0975. The maximum atomic E-state index is 11.6. The minimum atomic E-state index is -0.366. The summed E-state index contributed by atoms with van der Waals surface area (Å²) in [4.78, 5) is 11.6. The summed E-state index contributed by atoms with van der Waals surface area (Å²) in [6.07, 6.45) is 1.18. The summed E-state index contributed by atoms with van der Waals surface area (Å²) < 4.78 is 10.5. The standard InChI is InChI=1S/C16H22ClNO3/c1-5-21-14-9-13(16(14,2)3)18-12-8-10(15(19)20-4)6-7-11(12)17/h6-8,13-14,18H,5,9H2,1-4H3. The molecule has 5 heteroatoms. The fourth-order valence-corrected chi connectivity index (χ4v) is 2.85. The van der Waals surface area contributed by atoms with Crippen LogP contribution < -0.4 is 5.32 Å². The smallest absolute Gasteiger partial charge is 0.337 e. The third kappa shape index (κ3) is 3.16. The molecular formula is C16H22ClNO3. The molecule has 2 unspecified atom stereocenters. The van der Waals surface area contributed by atoms with E-state index in [1.807, 2.05) is 6.92 Å². The van der Waals surface area contributed by atoms with E-state index in [2.05, 4.69) is 19.2 Å². The molecule has 0 bridgehead atoms. The number of benzene rings is 1. The van der Waals surface area contributed by atoms with Crippen LogP contribution in [0.15, 0.2) is 18.2 Å². The van der Waals surface area contributed by atoms with Gasteiger partial charge >= 0.3 is 5.97 Å². The predicted octanol–water partition coefficient (Wildman–Crippen LogP) is 3.74. The number of rotatable bonds is 5. The molecule has 116 valence electrons. The van der Waals surface area contributed by atoms with Gasteiger partial charge in [0.25, 0.3) is 0 Å². The van der Waals surface area contributed by atoms with Crippen molar-refractivity contribution in [3.05, 3.63) is 28.8 Å². The number of anilines is 1. The van der Waals surface area contributed by atoms with Crippen molar-refractivity contribution < 1.29 is 14.3 Å². The van der Waals surface area contributed by atoms with Crippen LogP contribution in [0.4, 0.5) is 5.69 Å². The first-order valence-corrected chi connectivity index (χ1v) is 7.54. The van der Waals surface area contributed by atoms with Crippen LogP contribution in [0.1, 0.15) is 37.6 Å². The van der Waals surface area contributed by atoms with E-state index in [4.69, 9.17) is 21.1 Å². The molecule has 1 aromatic carbocycles. The molecule has 0 radical (unpaired) electrons. The van der Waals surface area contributed by atoms with Gasteiger partial charge in [0, 0.05) is 18.1 Å². The number of carbonyl (C=O) groups is 1. The van der Waals surface area contributed by atoms with Crippen LogP contribution in [0.25, 0.3) is 0 Å². The Morgan fingerprint density at radius 1 is 1.48 bits per heavy atom. The Labute approximate surface area is 130 Å². The molecule has 4 nitrogen and oxygen atoms in total. The van der Waals surface area contributed by atoms with Gasteiger partial charge in [-0.1, -0.05) is 25.4 Å². The lowest BCUT2D eigenvalue weighted by Crippen LogP contribution is -2.58. The molecule has 1 N–H and O–H groups in total. The largest absolute Gasteiger partial charge is 0.465 e. The minimum Gasteiger partial charge on any atom is -0.465 e. The Morgan fingerprint density at radius 3 is 2.76 bits per heavy atom. The van der Waals surface area contributed by atoms with Gasteiger partial charge in [0.1, 0.15) is 0 Å². The monoisotopic (exact) mass is 311 g/mol. The van der Waals surface area contributed by atoms with Gasteiger partial charge in [-0.05, 0) is 31.5 Å². The molecule has 0 aliphatic heterocycles. The first-order chi connectivity index (χ1) is 9.90. The van der Waals surface area contributed by atoms with Gasteiger partial charge in [0.05, 0.1) is 29.5 Å². The van der Waals surface area contributed by atoms with Crippen LogP contribution >= 0.6 is 11.6 Å². The second kappa shape index (κ2) is 6.24. The van der Waals surface area contributed by atoms with Gasteiger partial charge in [0.2, 0.25) is 0 Å². The summed E-state index contributed by atoms with van der Waals surface area (Å²) in [6, 6.07) is 5.37. The fraction of sp³-hybridized carbons (Fsp3) is 0.562. The minimum absolute atomic E-state index is 0.0284. The van der Waals surface area contributed by atoms with Crippen LogP contribution in [0.5, 0.6) is 0 Å². The zero-order valence-corrected chi connectivity index (χ0v) is 13.7. The van der Waals surface area contributed by atoms with E-state index in [1.54, 1.807) is 18.2 Å². The van der Waals surface area contributed by atoms with Crippen molar-refractivity contribution in [2.75, 3.05) is 19.0 Å². The Morgan fingerprint density at radius 2 is 2.19 bits per heavy atom. The summed E-state index contributed by atoms with van der Waals surface area (Å²) in [5.41, 5.74) is 1.27. The van der Waals surface area contributed by atoms with Gasteiger partial charge in [-0.3, -0.25) is 0 Å². The zero-order valence-electron chi connectivity index (χ0n) is 12.9. The second-order valence-electron chi connectivity index (χ2n) is 5.88. The van der Waals surface area contributed by atoms with E-state index in [9.17, 15) is 4.79 Å². The molecule has 1 saturated carbocycles. The maximum absolute atomic E-state index is 11.6. The van der Waals surface area contributed by atoms with E-state index >= 15 is 0 Å². The topological polar surface area (TPSA) is 47.6 Å². The SMILES string of the molecule is CCOC1CC(Nc2cc(C(=O)OC)ccc2Cl)C1(C)C. The molecule has 2 rings (SSSR count). The average Bonchev–Trinajstić information content (AvgIpc) is 2.47. The lowest BCUT2D eigenvalue weighted by Gasteiger charge is -2.52. The fourth-order valence-electron chi connectivity index (χ4n) is 2.68. The molecule has 1 fully saturated rings. The van der Waals surface area contributed by atoms with Crippen LogP contribution in [0.3, 0.4) is 0 Å². The van der Waals surface area contributed by atoms with E-state index in [-0.39, 0.29) is 23.5 Å². The van der Waals surface area contributed by atoms with E-state index in [0.717, 1.165) is 18.7 Å². The number of halogens is 1. The van der Waals surface area contributed by atoms with Gasteiger partial charge in [-0.25, -0.2) is 4.79 Å². The van der Waals surface area contributed by atoms with Crippen LogP contribution in [-0.4, -0.2) is 31.8 Å². The lowest BCUT2D eigenvalue weighted by atomic mass is 9.64. The Kier molecular flexibility index (Phi) is 4.79. The highest BCUT2D eigenvalue weighted by atomic mass is 35.5. The van der Waals surface area contributed by atoms with Gasteiger partial charge in [-0.2, -0.15) is 0 Å². The first kappa shape index (κ1) is 16.1. The summed E-state index contributed by atoms with van der Waals surface area (Å²) >= 11 is 6.21. The molecule has 1 aliphatic rings. The molecule has 0 spiro atoms. The number of ether oxygens (including phenoxy) is 2. The quantitative estimate of drug-likeness (QED) is 0.841. The summed E-state index contributed by atoms with van der Waals surface area (Å²) in [5.74, 6) is -0.366. The molecule has 21 heavy (non-hydrogen) atoms. The molecule has 2 atom stereocenters. The zero-order chi connectivity index (χ0) is 15.6. The van der Waals surface area contributed by atoms with Crippen LogP contribution in [0, 0.1) is 5.41 Å². The molecule has 0 aromatic heterocycles.